The van der Waals surface area contributed by atoms with Gasteiger partial charge in [-0.05, 0) is 13.3 Å². The van der Waals surface area contributed by atoms with Gasteiger partial charge >= 0.3 is 0 Å². The molecule has 0 aromatic carbocycles. The Balaban J connectivity index is 1.69. The molecule has 1 amide bonds. The first kappa shape index (κ1) is 14.9. The Labute approximate surface area is 126 Å². The molecule has 0 bridgehead atoms. The van der Waals surface area contributed by atoms with Crippen LogP contribution in [-0.2, 0) is 4.79 Å². The van der Waals surface area contributed by atoms with E-state index in [1.807, 2.05) is 13.0 Å². The maximum Gasteiger partial charge on any atom is 0.226 e. The number of nitrogens with one attached hydrogen (secondary N) is 1. The van der Waals surface area contributed by atoms with Crippen molar-refractivity contribution in [1.29, 1.82) is 5.26 Å². The van der Waals surface area contributed by atoms with Gasteiger partial charge < -0.3 is 10.1 Å². The van der Waals surface area contributed by atoms with Crippen LogP contribution in [0, 0.1) is 18.3 Å². The molecule has 0 atom stereocenters. The molecule has 0 saturated carbocycles. The quantitative estimate of drug-likeness (QED) is 0.828. The second-order valence-corrected chi connectivity index (χ2v) is 5.53. The molecule has 0 radical (unpaired) electrons. The van der Waals surface area contributed by atoms with Crippen LogP contribution >= 0.6 is 11.3 Å². The minimum atomic E-state index is -0.0862. The summed E-state index contributed by atoms with van der Waals surface area (Å²) in [5, 5.41) is 12.1. The fourth-order valence-corrected chi connectivity index (χ4v) is 2.26. The van der Waals surface area contributed by atoms with Crippen molar-refractivity contribution in [2.45, 2.75) is 19.8 Å². The van der Waals surface area contributed by atoms with Gasteiger partial charge in [-0.15, -0.1) is 11.3 Å². The van der Waals surface area contributed by atoms with E-state index in [9.17, 15) is 4.79 Å². The first-order valence-corrected chi connectivity index (χ1v) is 7.19. The highest BCUT2D eigenvalue weighted by Gasteiger charge is 2.05. The fourth-order valence-electron chi connectivity index (χ4n) is 1.58. The summed E-state index contributed by atoms with van der Waals surface area (Å²) in [4.78, 5) is 20.7. The molecule has 2 aromatic rings. The van der Waals surface area contributed by atoms with E-state index >= 15 is 0 Å². The van der Waals surface area contributed by atoms with Gasteiger partial charge in [0.05, 0.1) is 18.4 Å². The second kappa shape index (κ2) is 7.36. The second-order valence-electron chi connectivity index (χ2n) is 4.30. The first-order valence-electron chi connectivity index (χ1n) is 6.37. The number of nitriles is 1. The zero-order valence-corrected chi connectivity index (χ0v) is 12.3. The number of aryl methyl sites for hydroxylation is 1. The van der Waals surface area contributed by atoms with Crippen LogP contribution in [0.3, 0.4) is 0 Å². The van der Waals surface area contributed by atoms with Gasteiger partial charge in [-0.25, -0.2) is 4.98 Å². The topological polar surface area (TPSA) is 87.9 Å². The SMILES string of the molecule is Cc1cnc(NC(=O)CCCOc2cncc(C#N)c2)s1. The highest BCUT2D eigenvalue weighted by atomic mass is 32.1. The van der Waals surface area contributed by atoms with Crippen molar-refractivity contribution in [2.75, 3.05) is 11.9 Å². The zero-order valence-electron chi connectivity index (χ0n) is 11.5. The van der Waals surface area contributed by atoms with Crippen LogP contribution in [0.4, 0.5) is 5.13 Å². The lowest BCUT2D eigenvalue weighted by Gasteiger charge is -2.05. The predicted molar refractivity (Wildman–Crippen MR) is 79.2 cm³/mol. The van der Waals surface area contributed by atoms with E-state index in [2.05, 4.69) is 15.3 Å². The zero-order chi connectivity index (χ0) is 15.1. The summed E-state index contributed by atoms with van der Waals surface area (Å²) in [6.07, 6.45) is 5.66. The molecule has 0 spiro atoms. The molecule has 0 aliphatic heterocycles. The third kappa shape index (κ3) is 4.85. The Morgan fingerprint density at radius 2 is 2.33 bits per heavy atom. The standard InChI is InChI=1S/C14H14N4O2S/c1-10-7-17-14(21-10)18-13(19)3-2-4-20-12-5-11(6-15)8-16-9-12/h5,7-9H,2-4H2,1H3,(H,17,18,19). The maximum atomic E-state index is 11.7. The molecule has 2 heterocycles. The van der Waals surface area contributed by atoms with E-state index in [-0.39, 0.29) is 5.91 Å². The number of thiazole rings is 1. The normalized spacial score (nSPS) is 9.90. The molecule has 0 unspecified atom stereocenters. The van der Waals surface area contributed by atoms with E-state index in [1.165, 1.54) is 17.5 Å². The number of nitrogens with zero attached hydrogens (tertiary/aromatic N) is 3. The molecule has 7 heteroatoms. The third-order valence-electron chi connectivity index (χ3n) is 2.53. The average molecular weight is 302 g/mol. The van der Waals surface area contributed by atoms with E-state index in [0.717, 1.165) is 4.88 Å². The number of aromatic nitrogens is 2. The van der Waals surface area contributed by atoms with Crippen LogP contribution in [0.25, 0.3) is 0 Å². The minimum absolute atomic E-state index is 0.0862. The Morgan fingerprint density at radius 3 is 3.05 bits per heavy atom. The van der Waals surface area contributed by atoms with Crippen molar-refractivity contribution in [3.05, 3.63) is 35.1 Å². The van der Waals surface area contributed by atoms with Gasteiger partial charge in [-0.2, -0.15) is 5.26 Å². The highest BCUT2D eigenvalue weighted by Crippen LogP contribution is 2.16. The predicted octanol–water partition coefficient (Wildman–Crippen LogP) is 2.52. The van der Waals surface area contributed by atoms with E-state index in [1.54, 1.807) is 18.5 Å². The molecule has 0 aliphatic carbocycles. The van der Waals surface area contributed by atoms with Crippen LogP contribution < -0.4 is 10.1 Å². The van der Waals surface area contributed by atoms with Gasteiger partial charge in [0, 0.05) is 29.8 Å². The van der Waals surface area contributed by atoms with Crippen LogP contribution in [0.1, 0.15) is 23.3 Å². The lowest BCUT2D eigenvalue weighted by Crippen LogP contribution is -2.12. The molecular formula is C14H14N4O2S. The Hall–Kier alpha value is -2.46. The number of hydrogen-bond acceptors (Lipinski definition) is 6. The number of hydrogen-bond donors (Lipinski definition) is 1. The summed E-state index contributed by atoms with van der Waals surface area (Å²) in [5.74, 6) is 0.446. The summed E-state index contributed by atoms with van der Waals surface area (Å²) in [6.45, 7) is 2.32. The van der Waals surface area contributed by atoms with Crippen molar-refractivity contribution in [1.82, 2.24) is 9.97 Å². The average Bonchev–Trinajstić information content (AvgIpc) is 2.89. The number of rotatable bonds is 6. The van der Waals surface area contributed by atoms with E-state index in [4.69, 9.17) is 10.00 Å². The molecule has 0 saturated heterocycles. The van der Waals surface area contributed by atoms with Gasteiger partial charge in [0.25, 0.3) is 0 Å². The Morgan fingerprint density at radius 1 is 1.48 bits per heavy atom. The van der Waals surface area contributed by atoms with Gasteiger partial charge in [0.2, 0.25) is 5.91 Å². The minimum Gasteiger partial charge on any atom is -0.492 e. The summed E-state index contributed by atoms with van der Waals surface area (Å²) in [5.41, 5.74) is 0.449. The summed E-state index contributed by atoms with van der Waals surface area (Å²) < 4.78 is 5.45. The van der Waals surface area contributed by atoms with Gasteiger partial charge in [0.1, 0.15) is 11.8 Å². The number of anilines is 1. The van der Waals surface area contributed by atoms with Crippen LogP contribution in [0.15, 0.2) is 24.7 Å². The number of carbonyl (C=O) groups excluding carboxylic acids is 1. The summed E-state index contributed by atoms with van der Waals surface area (Å²) in [6, 6.07) is 3.61. The lowest BCUT2D eigenvalue weighted by atomic mass is 10.3. The Kier molecular flexibility index (Phi) is 5.23. The third-order valence-corrected chi connectivity index (χ3v) is 3.35. The molecule has 0 aliphatic rings. The number of carbonyl (C=O) groups is 1. The summed E-state index contributed by atoms with van der Waals surface area (Å²) >= 11 is 1.44. The van der Waals surface area contributed by atoms with Crippen molar-refractivity contribution < 1.29 is 9.53 Å². The molecular weight excluding hydrogens is 288 g/mol. The molecule has 1 N–H and O–H groups in total. The van der Waals surface area contributed by atoms with Crippen molar-refractivity contribution in [3.63, 3.8) is 0 Å². The number of ether oxygens (including phenoxy) is 1. The monoisotopic (exact) mass is 302 g/mol. The van der Waals surface area contributed by atoms with Crippen molar-refractivity contribution in [3.8, 4) is 11.8 Å². The van der Waals surface area contributed by atoms with Crippen LogP contribution in [0.2, 0.25) is 0 Å². The molecule has 21 heavy (non-hydrogen) atoms. The molecule has 108 valence electrons. The Bertz CT molecular complexity index is 663. The number of amides is 1. The maximum absolute atomic E-state index is 11.7. The first-order chi connectivity index (χ1) is 10.2. The van der Waals surface area contributed by atoms with Crippen LogP contribution in [-0.4, -0.2) is 22.5 Å². The molecule has 0 fully saturated rings. The summed E-state index contributed by atoms with van der Waals surface area (Å²) in [7, 11) is 0. The largest absolute Gasteiger partial charge is 0.492 e. The van der Waals surface area contributed by atoms with Crippen molar-refractivity contribution in [2.24, 2.45) is 0 Å². The van der Waals surface area contributed by atoms with E-state index in [0.29, 0.717) is 35.9 Å². The van der Waals surface area contributed by atoms with Gasteiger partial charge in [0.15, 0.2) is 5.13 Å². The smallest absolute Gasteiger partial charge is 0.226 e. The van der Waals surface area contributed by atoms with Crippen molar-refractivity contribution >= 4 is 22.4 Å². The molecule has 2 aromatic heterocycles. The lowest BCUT2D eigenvalue weighted by molar-refractivity contribution is -0.116. The molecule has 2 rings (SSSR count). The van der Waals surface area contributed by atoms with Gasteiger partial charge in [-0.1, -0.05) is 0 Å². The fraction of sp³-hybridized carbons (Fsp3) is 0.286. The van der Waals surface area contributed by atoms with Crippen LogP contribution in [0.5, 0.6) is 5.75 Å². The number of pyridine rings is 1. The highest BCUT2D eigenvalue weighted by molar-refractivity contribution is 7.15. The van der Waals surface area contributed by atoms with E-state index < -0.39 is 0 Å². The van der Waals surface area contributed by atoms with Gasteiger partial charge in [-0.3, -0.25) is 9.78 Å². The molecule has 6 nitrogen and oxygen atoms in total.